The van der Waals surface area contributed by atoms with E-state index in [-0.39, 0.29) is 45.9 Å². The Balaban J connectivity index is 3.89. The van der Waals surface area contributed by atoms with Gasteiger partial charge in [-0.1, -0.05) is 0 Å². The molecule has 0 aromatic heterocycles. The van der Waals surface area contributed by atoms with Crippen LogP contribution in [0.2, 0.25) is 0 Å². The Morgan fingerprint density at radius 1 is 0.909 bits per heavy atom. The first-order chi connectivity index (χ1) is 10.6. The van der Waals surface area contributed by atoms with Crippen LogP contribution in [0.25, 0.3) is 0 Å². The maximum atomic E-state index is 11.6. The molecule has 0 saturated carbocycles. The van der Waals surface area contributed by atoms with Crippen LogP contribution < -0.4 is 0 Å². The number of esters is 1. The van der Waals surface area contributed by atoms with E-state index >= 15 is 0 Å². The molecule has 0 heterocycles. The molecule has 130 valence electrons. The van der Waals surface area contributed by atoms with Crippen LogP contribution >= 0.6 is 0 Å². The van der Waals surface area contributed by atoms with Crippen LogP contribution in [-0.4, -0.2) is 66.6 Å². The van der Waals surface area contributed by atoms with Crippen LogP contribution in [0.15, 0.2) is 0 Å². The fourth-order valence-electron chi connectivity index (χ4n) is 1.59. The van der Waals surface area contributed by atoms with Crippen molar-refractivity contribution >= 4 is 11.9 Å². The monoisotopic (exact) mass is 322 g/mol. The number of hydrogen-bond donors (Lipinski definition) is 3. The lowest BCUT2D eigenvalue weighted by Crippen LogP contribution is -2.24. The molecule has 0 amide bonds. The SMILES string of the molecule is O=C(O)CCCCC(=O)OC(CCCO)OCCOCCO. The van der Waals surface area contributed by atoms with E-state index in [1.54, 1.807) is 0 Å². The van der Waals surface area contributed by atoms with Gasteiger partial charge in [0.15, 0.2) is 0 Å². The Labute approximate surface area is 130 Å². The Morgan fingerprint density at radius 2 is 1.64 bits per heavy atom. The highest BCUT2D eigenvalue weighted by Crippen LogP contribution is 2.08. The van der Waals surface area contributed by atoms with Gasteiger partial charge in [-0.15, -0.1) is 0 Å². The maximum absolute atomic E-state index is 11.6. The minimum absolute atomic E-state index is 0.0277. The number of carboxylic acids is 1. The second kappa shape index (κ2) is 14.7. The number of carbonyl (C=O) groups excluding carboxylic acids is 1. The summed E-state index contributed by atoms with van der Waals surface area (Å²) >= 11 is 0. The molecule has 0 aromatic carbocycles. The van der Waals surface area contributed by atoms with Crippen LogP contribution in [-0.2, 0) is 23.8 Å². The smallest absolute Gasteiger partial charge is 0.308 e. The molecule has 1 atom stereocenters. The van der Waals surface area contributed by atoms with Gasteiger partial charge in [-0.25, -0.2) is 0 Å². The molecule has 0 fully saturated rings. The van der Waals surface area contributed by atoms with E-state index in [0.29, 0.717) is 25.7 Å². The minimum atomic E-state index is -0.889. The molecule has 0 spiro atoms. The van der Waals surface area contributed by atoms with Crippen molar-refractivity contribution in [3.05, 3.63) is 0 Å². The summed E-state index contributed by atoms with van der Waals surface area (Å²) in [6.07, 6.45) is 1.08. The minimum Gasteiger partial charge on any atom is -0.481 e. The molecule has 0 saturated heterocycles. The molecule has 1 unspecified atom stereocenters. The summed E-state index contributed by atoms with van der Waals surface area (Å²) in [7, 11) is 0. The zero-order chi connectivity index (χ0) is 16.6. The van der Waals surface area contributed by atoms with Gasteiger partial charge in [0, 0.05) is 25.9 Å². The van der Waals surface area contributed by atoms with Gasteiger partial charge >= 0.3 is 11.9 Å². The summed E-state index contributed by atoms with van der Waals surface area (Å²) in [5, 5.41) is 25.9. The van der Waals surface area contributed by atoms with E-state index in [1.807, 2.05) is 0 Å². The second-order valence-electron chi connectivity index (χ2n) is 4.59. The average molecular weight is 322 g/mol. The van der Waals surface area contributed by atoms with Crippen molar-refractivity contribution in [1.82, 2.24) is 0 Å². The Bertz CT molecular complexity index is 295. The highest BCUT2D eigenvalue weighted by atomic mass is 16.7. The number of carboxylic acid groups (broad SMARTS) is 1. The topological polar surface area (TPSA) is 123 Å². The normalized spacial score (nSPS) is 12.1. The van der Waals surface area contributed by atoms with Crippen molar-refractivity contribution in [2.75, 3.05) is 33.0 Å². The Hall–Kier alpha value is -1.22. The first kappa shape index (κ1) is 20.8. The van der Waals surface area contributed by atoms with Gasteiger partial charge in [-0.2, -0.15) is 0 Å². The summed E-state index contributed by atoms with van der Waals surface area (Å²) in [5.74, 6) is -1.34. The van der Waals surface area contributed by atoms with Gasteiger partial charge < -0.3 is 29.5 Å². The van der Waals surface area contributed by atoms with Gasteiger partial charge in [0.05, 0.1) is 26.4 Å². The summed E-state index contributed by atoms with van der Waals surface area (Å²) in [6, 6.07) is 0. The predicted molar refractivity (Wildman–Crippen MR) is 76.2 cm³/mol. The zero-order valence-electron chi connectivity index (χ0n) is 12.7. The molecule has 8 heteroatoms. The van der Waals surface area contributed by atoms with Crippen molar-refractivity contribution in [3.8, 4) is 0 Å². The molecule has 0 bridgehead atoms. The van der Waals surface area contributed by atoms with Crippen LogP contribution in [0, 0.1) is 0 Å². The third-order valence-electron chi connectivity index (χ3n) is 2.65. The van der Waals surface area contributed by atoms with Crippen LogP contribution in [0.1, 0.15) is 38.5 Å². The lowest BCUT2D eigenvalue weighted by atomic mass is 10.2. The standard InChI is InChI=1S/C14H26O8/c15-7-3-6-14(21-11-10-20-9-8-16)22-13(19)5-2-1-4-12(17)18/h14-16H,1-11H2,(H,17,18). The van der Waals surface area contributed by atoms with Gasteiger partial charge in [0.25, 0.3) is 0 Å². The van der Waals surface area contributed by atoms with Crippen LogP contribution in [0.4, 0.5) is 0 Å². The van der Waals surface area contributed by atoms with Crippen LogP contribution in [0.3, 0.4) is 0 Å². The lowest BCUT2D eigenvalue weighted by Gasteiger charge is -2.18. The van der Waals surface area contributed by atoms with E-state index in [2.05, 4.69) is 0 Å². The van der Waals surface area contributed by atoms with Gasteiger partial charge in [-0.3, -0.25) is 9.59 Å². The number of aliphatic hydroxyl groups is 2. The molecule has 0 rings (SSSR count). The van der Waals surface area contributed by atoms with Crippen molar-refractivity contribution < 1.29 is 39.1 Å². The largest absolute Gasteiger partial charge is 0.481 e. The fourth-order valence-corrected chi connectivity index (χ4v) is 1.59. The number of rotatable bonds is 15. The van der Waals surface area contributed by atoms with E-state index in [0.717, 1.165) is 0 Å². The lowest BCUT2D eigenvalue weighted by molar-refractivity contribution is -0.183. The van der Waals surface area contributed by atoms with Crippen molar-refractivity contribution in [1.29, 1.82) is 0 Å². The summed E-state index contributed by atoms with van der Waals surface area (Å²) in [6.45, 7) is 0.596. The van der Waals surface area contributed by atoms with Crippen molar-refractivity contribution in [3.63, 3.8) is 0 Å². The fraction of sp³-hybridized carbons (Fsp3) is 0.857. The molecule has 0 aliphatic carbocycles. The first-order valence-electron chi connectivity index (χ1n) is 7.42. The number of aliphatic carboxylic acids is 1. The molecule has 0 radical (unpaired) electrons. The molecule has 8 nitrogen and oxygen atoms in total. The Morgan fingerprint density at radius 3 is 2.27 bits per heavy atom. The highest BCUT2D eigenvalue weighted by Gasteiger charge is 2.14. The summed E-state index contributed by atoms with van der Waals surface area (Å²) in [4.78, 5) is 22.0. The zero-order valence-corrected chi connectivity index (χ0v) is 12.7. The van der Waals surface area contributed by atoms with Crippen molar-refractivity contribution in [2.45, 2.75) is 44.8 Å². The van der Waals surface area contributed by atoms with E-state index < -0.39 is 18.2 Å². The molecule has 0 aliphatic rings. The van der Waals surface area contributed by atoms with Gasteiger partial charge in [-0.05, 0) is 19.3 Å². The summed E-state index contributed by atoms with van der Waals surface area (Å²) in [5.41, 5.74) is 0. The summed E-state index contributed by atoms with van der Waals surface area (Å²) < 4.78 is 15.5. The predicted octanol–water partition coefficient (Wildman–Crippen LogP) is 0.299. The number of unbranched alkanes of at least 4 members (excludes halogenated alkanes) is 1. The number of aliphatic hydroxyl groups excluding tert-OH is 2. The second-order valence-corrected chi connectivity index (χ2v) is 4.59. The quantitative estimate of drug-likeness (QED) is 0.223. The van der Waals surface area contributed by atoms with Gasteiger partial charge in [0.1, 0.15) is 0 Å². The highest BCUT2D eigenvalue weighted by molar-refractivity contribution is 5.69. The third kappa shape index (κ3) is 13.7. The maximum Gasteiger partial charge on any atom is 0.308 e. The molecular formula is C14H26O8. The van der Waals surface area contributed by atoms with E-state index in [4.69, 9.17) is 29.5 Å². The molecule has 3 N–H and O–H groups in total. The molecule has 0 aromatic rings. The van der Waals surface area contributed by atoms with Crippen LogP contribution in [0.5, 0.6) is 0 Å². The average Bonchev–Trinajstić information content (AvgIpc) is 2.48. The molecule has 0 aliphatic heterocycles. The van der Waals surface area contributed by atoms with E-state index in [9.17, 15) is 9.59 Å². The van der Waals surface area contributed by atoms with Gasteiger partial charge in [0.2, 0.25) is 6.29 Å². The first-order valence-corrected chi connectivity index (χ1v) is 7.42. The third-order valence-corrected chi connectivity index (χ3v) is 2.65. The number of ether oxygens (including phenoxy) is 3. The Kier molecular flexibility index (Phi) is 13.9. The number of carbonyl (C=O) groups is 2. The number of hydrogen-bond acceptors (Lipinski definition) is 7. The van der Waals surface area contributed by atoms with Crippen molar-refractivity contribution in [2.24, 2.45) is 0 Å². The molecule has 22 heavy (non-hydrogen) atoms. The van der Waals surface area contributed by atoms with E-state index in [1.165, 1.54) is 0 Å². The molecular weight excluding hydrogens is 296 g/mol.